The van der Waals surface area contributed by atoms with Crippen molar-refractivity contribution in [3.8, 4) is 0 Å². The summed E-state index contributed by atoms with van der Waals surface area (Å²) < 4.78 is 0. The van der Waals surface area contributed by atoms with Crippen molar-refractivity contribution in [1.82, 2.24) is 5.32 Å². The van der Waals surface area contributed by atoms with Gasteiger partial charge in [-0.15, -0.1) is 0 Å². The van der Waals surface area contributed by atoms with Crippen LogP contribution < -0.4 is 5.32 Å². The Morgan fingerprint density at radius 3 is 2.56 bits per heavy atom. The monoisotopic (exact) mass is 223 g/mol. The lowest BCUT2D eigenvalue weighted by Crippen LogP contribution is -2.28. The van der Waals surface area contributed by atoms with Gasteiger partial charge in [0.1, 0.15) is 0 Å². The van der Waals surface area contributed by atoms with Gasteiger partial charge in [-0.25, -0.2) is 4.79 Å². The van der Waals surface area contributed by atoms with Gasteiger partial charge in [-0.05, 0) is 38.1 Å². The van der Waals surface area contributed by atoms with Crippen molar-refractivity contribution in [2.75, 3.05) is 7.05 Å². The molecule has 16 heavy (non-hydrogen) atoms. The van der Waals surface area contributed by atoms with Crippen molar-refractivity contribution in [1.29, 1.82) is 0 Å². The first-order chi connectivity index (χ1) is 7.47. The van der Waals surface area contributed by atoms with Crippen molar-refractivity contribution >= 4 is 5.97 Å². The molecule has 0 saturated carbocycles. The molecule has 1 aromatic rings. The molecule has 88 valence electrons. The molecule has 4 nitrogen and oxygen atoms in total. The molecule has 0 fully saturated rings. The van der Waals surface area contributed by atoms with Crippen LogP contribution in [0, 0.1) is 6.92 Å². The van der Waals surface area contributed by atoms with Crippen LogP contribution in [0.2, 0.25) is 0 Å². The fourth-order valence-electron chi connectivity index (χ4n) is 1.50. The summed E-state index contributed by atoms with van der Waals surface area (Å²) >= 11 is 0. The fourth-order valence-corrected chi connectivity index (χ4v) is 1.50. The van der Waals surface area contributed by atoms with E-state index in [1.54, 1.807) is 26.1 Å². The molecule has 3 N–H and O–H groups in total. The molecule has 2 atom stereocenters. The van der Waals surface area contributed by atoms with E-state index >= 15 is 0 Å². The van der Waals surface area contributed by atoms with Gasteiger partial charge < -0.3 is 15.5 Å². The first-order valence-corrected chi connectivity index (χ1v) is 5.16. The molecule has 1 aromatic carbocycles. The summed E-state index contributed by atoms with van der Waals surface area (Å²) in [4.78, 5) is 10.9. The number of nitrogens with one attached hydrogen (secondary N) is 1. The van der Waals surface area contributed by atoms with E-state index in [1.165, 1.54) is 6.07 Å². The largest absolute Gasteiger partial charge is 0.478 e. The number of hydrogen-bond acceptors (Lipinski definition) is 3. The van der Waals surface area contributed by atoms with Crippen LogP contribution in [0.1, 0.15) is 34.5 Å². The highest BCUT2D eigenvalue weighted by Crippen LogP contribution is 2.20. The molecule has 0 heterocycles. The highest BCUT2D eigenvalue weighted by molar-refractivity contribution is 5.89. The second kappa shape index (κ2) is 5.09. The highest BCUT2D eigenvalue weighted by Gasteiger charge is 2.17. The van der Waals surface area contributed by atoms with Crippen molar-refractivity contribution in [3.63, 3.8) is 0 Å². The summed E-state index contributed by atoms with van der Waals surface area (Å²) in [6.45, 7) is 3.58. The van der Waals surface area contributed by atoms with Crippen LogP contribution >= 0.6 is 0 Å². The van der Waals surface area contributed by atoms with Gasteiger partial charge in [-0.3, -0.25) is 0 Å². The minimum absolute atomic E-state index is 0.121. The molecule has 0 radical (unpaired) electrons. The third kappa shape index (κ3) is 2.59. The van der Waals surface area contributed by atoms with E-state index in [1.807, 2.05) is 6.92 Å². The first-order valence-electron chi connectivity index (χ1n) is 5.16. The number of hydrogen-bond donors (Lipinski definition) is 3. The number of benzene rings is 1. The van der Waals surface area contributed by atoms with Gasteiger partial charge >= 0.3 is 5.97 Å². The predicted molar refractivity (Wildman–Crippen MR) is 61.6 cm³/mol. The van der Waals surface area contributed by atoms with Crippen molar-refractivity contribution in [3.05, 3.63) is 34.9 Å². The molecular formula is C12H17NO3. The number of aliphatic hydroxyl groups excluding tert-OH is 1. The van der Waals surface area contributed by atoms with Gasteiger partial charge in [0.25, 0.3) is 0 Å². The van der Waals surface area contributed by atoms with E-state index < -0.39 is 12.1 Å². The number of likely N-dealkylation sites (N-methyl/N-ethyl adjacent to an activating group) is 1. The third-order valence-electron chi connectivity index (χ3n) is 2.76. The average Bonchev–Trinajstić information content (AvgIpc) is 2.27. The van der Waals surface area contributed by atoms with E-state index in [0.29, 0.717) is 11.1 Å². The van der Waals surface area contributed by atoms with Crippen LogP contribution in [0.15, 0.2) is 18.2 Å². The number of aromatic carboxylic acids is 1. The highest BCUT2D eigenvalue weighted by atomic mass is 16.4. The normalized spacial score (nSPS) is 14.5. The zero-order valence-electron chi connectivity index (χ0n) is 9.69. The summed E-state index contributed by atoms with van der Waals surface area (Å²) in [5.74, 6) is -0.969. The Kier molecular flexibility index (Phi) is 4.04. The number of carboxylic acids is 1. The van der Waals surface area contributed by atoms with Crippen LogP contribution in [-0.2, 0) is 0 Å². The van der Waals surface area contributed by atoms with Gasteiger partial charge in [0.2, 0.25) is 0 Å². The molecule has 0 aliphatic rings. The van der Waals surface area contributed by atoms with E-state index in [9.17, 15) is 9.90 Å². The minimum Gasteiger partial charge on any atom is -0.478 e. The number of carboxylic acid groups (broad SMARTS) is 1. The van der Waals surface area contributed by atoms with Crippen LogP contribution in [0.4, 0.5) is 0 Å². The summed E-state index contributed by atoms with van der Waals surface area (Å²) in [7, 11) is 1.75. The van der Waals surface area contributed by atoms with Gasteiger partial charge in [0, 0.05) is 6.04 Å². The van der Waals surface area contributed by atoms with E-state index in [0.717, 1.165) is 0 Å². The molecule has 0 saturated heterocycles. The second-order valence-electron chi connectivity index (χ2n) is 3.90. The maximum Gasteiger partial charge on any atom is 0.335 e. The Morgan fingerprint density at radius 1 is 1.44 bits per heavy atom. The molecule has 0 aliphatic heterocycles. The molecule has 0 aliphatic carbocycles. The Labute approximate surface area is 94.9 Å². The van der Waals surface area contributed by atoms with Crippen molar-refractivity contribution in [2.24, 2.45) is 0 Å². The fraction of sp³-hybridized carbons (Fsp3) is 0.417. The van der Waals surface area contributed by atoms with Crippen LogP contribution in [0.3, 0.4) is 0 Å². The molecular weight excluding hydrogens is 206 g/mol. The molecule has 0 spiro atoms. The van der Waals surface area contributed by atoms with Gasteiger partial charge in [0.15, 0.2) is 0 Å². The average molecular weight is 223 g/mol. The van der Waals surface area contributed by atoms with Gasteiger partial charge in [-0.2, -0.15) is 0 Å². The molecule has 2 unspecified atom stereocenters. The minimum atomic E-state index is -0.969. The van der Waals surface area contributed by atoms with Crippen LogP contribution in [0.5, 0.6) is 0 Å². The smallest absolute Gasteiger partial charge is 0.335 e. The van der Waals surface area contributed by atoms with E-state index in [-0.39, 0.29) is 11.6 Å². The number of carbonyl (C=O) groups is 1. The van der Waals surface area contributed by atoms with Crippen molar-refractivity contribution < 1.29 is 15.0 Å². The maximum absolute atomic E-state index is 10.9. The van der Waals surface area contributed by atoms with E-state index in [2.05, 4.69) is 5.32 Å². The predicted octanol–water partition coefficient (Wildman–Crippen LogP) is 1.33. The molecule has 1 rings (SSSR count). The zero-order valence-corrected chi connectivity index (χ0v) is 9.69. The lowest BCUT2D eigenvalue weighted by molar-refractivity contribution is 0.0695. The Hall–Kier alpha value is -1.39. The summed E-state index contributed by atoms with van der Waals surface area (Å²) in [6.07, 6.45) is -0.705. The lowest BCUT2D eigenvalue weighted by atomic mass is 9.98. The second-order valence-corrected chi connectivity index (χ2v) is 3.90. The van der Waals surface area contributed by atoms with Gasteiger partial charge in [0.05, 0.1) is 11.7 Å². The summed E-state index contributed by atoms with van der Waals surface area (Å²) in [5, 5.41) is 21.8. The molecule has 0 bridgehead atoms. The molecule has 0 amide bonds. The number of aryl methyl sites for hydroxylation is 1. The quantitative estimate of drug-likeness (QED) is 0.720. The standard InChI is InChI=1S/C12H17NO3/c1-7-4-5-9(6-10(7)12(15)16)11(14)8(2)13-3/h4-6,8,11,13-14H,1-3H3,(H,15,16). The van der Waals surface area contributed by atoms with Gasteiger partial charge in [-0.1, -0.05) is 12.1 Å². The van der Waals surface area contributed by atoms with E-state index in [4.69, 9.17) is 5.11 Å². The topological polar surface area (TPSA) is 69.6 Å². The number of aliphatic hydroxyl groups is 1. The van der Waals surface area contributed by atoms with Crippen molar-refractivity contribution in [2.45, 2.75) is 26.0 Å². The third-order valence-corrected chi connectivity index (χ3v) is 2.76. The van der Waals surface area contributed by atoms with Crippen LogP contribution in [0.25, 0.3) is 0 Å². The SMILES string of the molecule is CNC(C)C(O)c1ccc(C)c(C(=O)O)c1. The Balaban J connectivity index is 3.07. The zero-order chi connectivity index (χ0) is 12.3. The summed E-state index contributed by atoms with van der Waals surface area (Å²) in [5.41, 5.74) is 1.55. The number of rotatable bonds is 4. The Bertz CT molecular complexity index is 390. The summed E-state index contributed by atoms with van der Waals surface area (Å²) in [6, 6.07) is 4.87. The Morgan fingerprint density at radius 2 is 2.06 bits per heavy atom. The van der Waals surface area contributed by atoms with Crippen LogP contribution in [-0.4, -0.2) is 29.3 Å². The lowest BCUT2D eigenvalue weighted by Gasteiger charge is -2.19. The molecule has 4 heteroatoms. The molecule has 0 aromatic heterocycles. The maximum atomic E-state index is 10.9. The first kappa shape index (κ1) is 12.7.